The zero-order valence-electron chi connectivity index (χ0n) is 12.9. The summed E-state index contributed by atoms with van der Waals surface area (Å²) < 4.78 is 0. The van der Waals surface area contributed by atoms with Crippen LogP contribution < -0.4 is 11.1 Å². The van der Waals surface area contributed by atoms with Crippen molar-refractivity contribution >= 4 is 23.1 Å². The molecule has 0 radical (unpaired) electrons. The van der Waals surface area contributed by atoms with Crippen molar-refractivity contribution in [1.82, 2.24) is 15.3 Å². The zero-order chi connectivity index (χ0) is 15.7. The van der Waals surface area contributed by atoms with Crippen LogP contribution >= 0.6 is 12.2 Å². The van der Waals surface area contributed by atoms with Crippen molar-refractivity contribution in [3.8, 4) is 0 Å². The Bertz CT molecular complexity index is 439. The number of imidazole rings is 1. The number of aromatic nitrogens is 2. The number of rotatable bonds is 10. The fourth-order valence-corrected chi connectivity index (χ4v) is 2.92. The summed E-state index contributed by atoms with van der Waals surface area (Å²) in [4.78, 5) is 20.1. The first-order chi connectivity index (χ1) is 10.1. The van der Waals surface area contributed by atoms with Gasteiger partial charge in [0.15, 0.2) is 0 Å². The molecule has 118 valence electrons. The minimum atomic E-state index is -0.691. The minimum absolute atomic E-state index is 0.0295. The highest BCUT2D eigenvalue weighted by Crippen LogP contribution is 2.30. The monoisotopic (exact) mass is 310 g/mol. The van der Waals surface area contributed by atoms with Crippen LogP contribution in [0.3, 0.4) is 0 Å². The molecule has 1 rings (SSSR count). The molecular weight excluding hydrogens is 284 g/mol. The van der Waals surface area contributed by atoms with Gasteiger partial charge in [-0.25, -0.2) is 4.98 Å². The second-order valence-electron chi connectivity index (χ2n) is 5.34. The molecule has 21 heavy (non-hydrogen) atoms. The average molecular weight is 310 g/mol. The Balaban J connectivity index is 2.53. The lowest BCUT2D eigenvalue weighted by atomic mass is 9.78. The second-order valence-corrected chi connectivity index (χ2v) is 5.78. The Labute approximate surface area is 132 Å². The van der Waals surface area contributed by atoms with Crippen LogP contribution in [0.15, 0.2) is 12.4 Å². The van der Waals surface area contributed by atoms with Crippen LogP contribution in [0.5, 0.6) is 0 Å². The van der Waals surface area contributed by atoms with Gasteiger partial charge in [0.25, 0.3) is 0 Å². The lowest BCUT2D eigenvalue weighted by molar-refractivity contribution is -0.128. The van der Waals surface area contributed by atoms with E-state index in [0.717, 1.165) is 31.5 Å². The summed E-state index contributed by atoms with van der Waals surface area (Å²) >= 11 is 5.18. The van der Waals surface area contributed by atoms with Crippen LogP contribution in [0, 0.1) is 5.41 Å². The van der Waals surface area contributed by atoms with E-state index in [1.807, 2.05) is 13.8 Å². The van der Waals surface area contributed by atoms with Crippen LogP contribution in [0.2, 0.25) is 0 Å². The van der Waals surface area contributed by atoms with Crippen molar-refractivity contribution in [1.29, 1.82) is 0 Å². The highest BCUT2D eigenvalue weighted by molar-refractivity contribution is 7.80. The lowest BCUT2D eigenvalue weighted by Crippen LogP contribution is -2.49. The van der Waals surface area contributed by atoms with Gasteiger partial charge in [0, 0.05) is 25.4 Å². The normalized spacial score (nSPS) is 11.3. The van der Waals surface area contributed by atoms with Gasteiger partial charge in [-0.3, -0.25) is 4.79 Å². The number of nitrogens with zero attached hydrogens (tertiary/aromatic N) is 1. The van der Waals surface area contributed by atoms with Gasteiger partial charge in [0.2, 0.25) is 5.91 Å². The maximum atomic E-state index is 12.5. The van der Waals surface area contributed by atoms with E-state index in [-0.39, 0.29) is 5.91 Å². The number of nitrogens with one attached hydrogen (secondary N) is 2. The third kappa shape index (κ3) is 4.81. The van der Waals surface area contributed by atoms with Gasteiger partial charge in [-0.15, -0.1) is 0 Å². The topological polar surface area (TPSA) is 83.8 Å². The molecule has 0 aliphatic heterocycles. The molecule has 1 heterocycles. The number of carbonyl (C=O) groups excluding carboxylic acids is 1. The van der Waals surface area contributed by atoms with Crippen LogP contribution in [0.25, 0.3) is 0 Å². The molecule has 1 aromatic rings. The molecule has 0 fully saturated rings. The van der Waals surface area contributed by atoms with E-state index in [2.05, 4.69) is 15.3 Å². The first kappa shape index (κ1) is 17.6. The van der Waals surface area contributed by atoms with Gasteiger partial charge >= 0.3 is 0 Å². The van der Waals surface area contributed by atoms with Crippen molar-refractivity contribution in [2.24, 2.45) is 11.1 Å². The number of thiocarbonyl (C=S) groups is 1. The van der Waals surface area contributed by atoms with E-state index in [1.165, 1.54) is 0 Å². The summed E-state index contributed by atoms with van der Waals surface area (Å²) in [7, 11) is 0. The Morgan fingerprint density at radius 1 is 1.43 bits per heavy atom. The molecule has 0 unspecified atom stereocenters. The van der Waals surface area contributed by atoms with Crippen molar-refractivity contribution in [2.75, 3.05) is 6.54 Å². The third-order valence-corrected chi connectivity index (χ3v) is 4.08. The molecule has 6 heteroatoms. The van der Waals surface area contributed by atoms with Gasteiger partial charge < -0.3 is 16.0 Å². The van der Waals surface area contributed by atoms with Crippen molar-refractivity contribution in [2.45, 2.75) is 52.4 Å². The van der Waals surface area contributed by atoms with E-state index in [1.54, 1.807) is 12.4 Å². The summed E-state index contributed by atoms with van der Waals surface area (Å²) in [6.07, 6.45) is 8.37. The number of aromatic amines is 1. The summed E-state index contributed by atoms with van der Waals surface area (Å²) in [5.74, 6) is 0.908. The maximum absolute atomic E-state index is 12.5. The molecule has 0 spiro atoms. The van der Waals surface area contributed by atoms with Gasteiger partial charge in [-0.1, -0.05) is 38.9 Å². The Kier molecular flexibility index (Phi) is 7.36. The number of H-pyrrole nitrogens is 1. The molecule has 1 aromatic heterocycles. The van der Waals surface area contributed by atoms with Crippen molar-refractivity contribution in [3.05, 3.63) is 18.2 Å². The van der Waals surface area contributed by atoms with Crippen LogP contribution in [0.1, 0.15) is 51.8 Å². The standard InChI is InChI=1S/C15H26N4OS/c1-3-7-15(8-4-2,13(16)21)14(20)19-9-5-6-12-17-10-11-18-12/h10-11H,3-9H2,1-2H3,(H2,16,21)(H,17,18)(H,19,20). The lowest BCUT2D eigenvalue weighted by Gasteiger charge is -2.31. The zero-order valence-corrected chi connectivity index (χ0v) is 13.8. The Morgan fingerprint density at radius 3 is 2.57 bits per heavy atom. The molecule has 1 amide bonds. The first-order valence-corrected chi connectivity index (χ1v) is 8.04. The minimum Gasteiger partial charge on any atom is -0.392 e. The SMILES string of the molecule is CCCC(CCC)(C(=O)NCCCc1ncc[nH]1)C(N)=S. The predicted molar refractivity (Wildman–Crippen MR) is 89.0 cm³/mol. The smallest absolute Gasteiger partial charge is 0.233 e. The Hall–Kier alpha value is -1.43. The van der Waals surface area contributed by atoms with Gasteiger partial charge in [-0.05, 0) is 19.3 Å². The van der Waals surface area contributed by atoms with Gasteiger partial charge in [-0.2, -0.15) is 0 Å². The summed E-state index contributed by atoms with van der Waals surface area (Å²) in [5.41, 5.74) is 5.19. The number of amides is 1. The molecule has 4 N–H and O–H groups in total. The highest BCUT2D eigenvalue weighted by Gasteiger charge is 2.39. The summed E-state index contributed by atoms with van der Waals surface area (Å²) in [6, 6.07) is 0. The third-order valence-electron chi connectivity index (χ3n) is 3.69. The van der Waals surface area contributed by atoms with E-state index < -0.39 is 5.41 Å². The van der Waals surface area contributed by atoms with E-state index in [4.69, 9.17) is 18.0 Å². The number of carbonyl (C=O) groups is 1. The van der Waals surface area contributed by atoms with Gasteiger partial charge in [0.05, 0.1) is 10.4 Å². The first-order valence-electron chi connectivity index (χ1n) is 7.63. The number of hydrogen-bond acceptors (Lipinski definition) is 3. The molecule has 0 aliphatic carbocycles. The fourth-order valence-electron chi connectivity index (χ4n) is 2.63. The van der Waals surface area contributed by atoms with Crippen LogP contribution in [0.4, 0.5) is 0 Å². The fraction of sp³-hybridized carbons (Fsp3) is 0.667. The van der Waals surface area contributed by atoms with E-state index in [0.29, 0.717) is 24.4 Å². The number of hydrogen-bond donors (Lipinski definition) is 3. The Morgan fingerprint density at radius 2 is 2.10 bits per heavy atom. The van der Waals surface area contributed by atoms with Crippen LogP contribution in [-0.2, 0) is 11.2 Å². The second kappa shape index (κ2) is 8.77. The summed E-state index contributed by atoms with van der Waals surface area (Å²) in [6.45, 7) is 4.71. The van der Waals surface area contributed by atoms with Gasteiger partial charge in [0.1, 0.15) is 5.82 Å². The average Bonchev–Trinajstić information content (AvgIpc) is 2.95. The van der Waals surface area contributed by atoms with Crippen LogP contribution in [-0.4, -0.2) is 27.4 Å². The van der Waals surface area contributed by atoms with E-state index in [9.17, 15) is 4.79 Å². The maximum Gasteiger partial charge on any atom is 0.233 e. The predicted octanol–water partition coefficient (Wildman–Crippen LogP) is 2.33. The van der Waals surface area contributed by atoms with E-state index >= 15 is 0 Å². The molecule has 0 atom stereocenters. The molecular formula is C15H26N4OS. The van der Waals surface area contributed by atoms with Crippen molar-refractivity contribution in [3.63, 3.8) is 0 Å². The quantitative estimate of drug-likeness (QED) is 0.457. The molecule has 0 saturated carbocycles. The number of aryl methyl sites for hydroxylation is 1. The largest absolute Gasteiger partial charge is 0.392 e. The molecule has 0 saturated heterocycles. The van der Waals surface area contributed by atoms with Crippen molar-refractivity contribution < 1.29 is 4.79 Å². The highest BCUT2D eigenvalue weighted by atomic mass is 32.1. The summed E-state index contributed by atoms with van der Waals surface area (Å²) in [5, 5.41) is 2.99. The number of nitrogens with two attached hydrogens (primary N) is 1. The molecule has 0 bridgehead atoms. The molecule has 0 aliphatic rings. The molecule has 5 nitrogen and oxygen atoms in total. The molecule has 0 aromatic carbocycles.